The van der Waals surface area contributed by atoms with Crippen LogP contribution in [0.3, 0.4) is 0 Å². The molecule has 0 aromatic rings. The van der Waals surface area contributed by atoms with E-state index < -0.39 is 6.67 Å². The topological polar surface area (TPSA) is 62.2 Å². The Hall–Kier alpha value is -1.75. The summed E-state index contributed by atoms with van der Waals surface area (Å²) in [7, 11) is 0. The van der Waals surface area contributed by atoms with E-state index in [0.29, 0.717) is 24.4 Å². The van der Waals surface area contributed by atoms with E-state index in [1.807, 2.05) is 6.92 Å². The zero-order valence-corrected chi connectivity index (χ0v) is 17.1. The molecule has 0 aliphatic heterocycles. The van der Waals surface area contributed by atoms with Crippen LogP contribution in [0.2, 0.25) is 0 Å². The lowest BCUT2D eigenvalue weighted by atomic mass is 9.88. The molecule has 27 heavy (non-hydrogen) atoms. The number of alkyl halides is 1. The molecule has 1 rings (SSSR count). The largest absolute Gasteiger partial charge is 0.377 e. The molecule has 0 radical (unpaired) electrons. The molecule has 4 nitrogen and oxygen atoms in total. The minimum absolute atomic E-state index is 0.0542. The molecule has 0 atom stereocenters. The average molecular weight is 379 g/mol. The molecular formula is C22H35FN2O2. The monoisotopic (exact) mass is 378 g/mol. The predicted octanol–water partition coefficient (Wildman–Crippen LogP) is 4.92. The van der Waals surface area contributed by atoms with Crippen LogP contribution in [0, 0.1) is 11.3 Å². The third-order valence-electron chi connectivity index (χ3n) is 4.83. The molecule has 0 fully saturated rings. The van der Waals surface area contributed by atoms with Crippen LogP contribution in [-0.2, 0) is 9.53 Å². The van der Waals surface area contributed by atoms with Gasteiger partial charge in [-0.25, -0.2) is 4.39 Å². The van der Waals surface area contributed by atoms with Crippen molar-refractivity contribution in [1.29, 1.82) is 5.41 Å². The smallest absolute Gasteiger partial charge is 0.251 e. The highest BCUT2D eigenvalue weighted by atomic mass is 19.1. The van der Waals surface area contributed by atoms with E-state index in [1.54, 1.807) is 12.2 Å². The number of halogens is 1. The van der Waals surface area contributed by atoms with Crippen molar-refractivity contribution in [1.82, 2.24) is 5.32 Å². The summed E-state index contributed by atoms with van der Waals surface area (Å²) in [6, 6.07) is 0. The summed E-state index contributed by atoms with van der Waals surface area (Å²) in [6.45, 7) is 6.52. The number of amides is 1. The van der Waals surface area contributed by atoms with E-state index >= 15 is 0 Å². The van der Waals surface area contributed by atoms with Gasteiger partial charge in [-0.05, 0) is 49.0 Å². The Morgan fingerprint density at radius 1 is 1.22 bits per heavy atom. The number of carbonyl (C=O) groups is 1. The SMILES string of the molecule is CCCC(CCC)CC/C=C1\C(=N)C=CC(C(=O)NCCOCCF)=C1C. The maximum atomic E-state index is 12.4. The lowest BCUT2D eigenvalue weighted by Gasteiger charge is -2.18. The molecule has 152 valence electrons. The number of ether oxygens (including phenoxy) is 1. The molecule has 2 N–H and O–H groups in total. The van der Waals surface area contributed by atoms with Crippen LogP contribution in [0.25, 0.3) is 0 Å². The standard InChI is InChI=1S/C22H35FN2O2/c1-4-7-18(8-5-2)9-6-10-19-17(3)20(11-12-21(19)24)22(26)25-14-16-27-15-13-23/h10-12,18,24H,4-9,13-16H2,1-3H3,(H,25,26)/b19-10-,24-21?. The van der Waals surface area contributed by atoms with Gasteiger partial charge in [-0.3, -0.25) is 4.79 Å². The van der Waals surface area contributed by atoms with Gasteiger partial charge in [0.25, 0.3) is 5.91 Å². The third kappa shape index (κ3) is 8.21. The summed E-state index contributed by atoms with van der Waals surface area (Å²) in [5.74, 6) is 0.558. The van der Waals surface area contributed by atoms with Gasteiger partial charge in [0.2, 0.25) is 0 Å². The summed E-state index contributed by atoms with van der Waals surface area (Å²) in [4.78, 5) is 12.4. The first kappa shape index (κ1) is 23.3. The molecular weight excluding hydrogens is 343 g/mol. The van der Waals surface area contributed by atoms with Gasteiger partial charge in [-0.15, -0.1) is 0 Å². The number of nitrogens with one attached hydrogen (secondary N) is 2. The van der Waals surface area contributed by atoms with Gasteiger partial charge in [0.15, 0.2) is 0 Å². The second-order valence-corrected chi connectivity index (χ2v) is 6.98. The Kier molecular flexibility index (Phi) is 11.6. The normalized spacial score (nSPS) is 15.9. The van der Waals surface area contributed by atoms with Crippen LogP contribution in [0.5, 0.6) is 0 Å². The van der Waals surface area contributed by atoms with Crippen molar-refractivity contribution in [3.63, 3.8) is 0 Å². The molecule has 0 heterocycles. The van der Waals surface area contributed by atoms with Crippen LogP contribution in [0.4, 0.5) is 4.39 Å². The number of carbonyl (C=O) groups excluding carboxylic acids is 1. The molecule has 0 aromatic heterocycles. The second kappa shape index (κ2) is 13.4. The van der Waals surface area contributed by atoms with Gasteiger partial charge in [0.05, 0.1) is 18.9 Å². The van der Waals surface area contributed by atoms with Crippen molar-refractivity contribution in [3.8, 4) is 0 Å². The van der Waals surface area contributed by atoms with Crippen LogP contribution < -0.4 is 5.32 Å². The zero-order valence-electron chi connectivity index (χ0n) is 17.1. The molecule has 0 aromatic carbocycles. The summed E-state index contributed by atoms with van der Waals surface area (Å²) >= 11 is 0. The summed E-state index contributed by atoms with van der Waals surface area (Å²) in [5, 5.41) is 11.0. The van der Waals surface area contributed by atoms with Crippen LogP contribution in [0.1, 0.15) is 59.3 Å². The molecule has 0 saturated heterocycles. The first-order valence-corrected chi connectivity index (χ1v) is 10.1. The number of allylic oxidation sites excluding steroid dienone is 4. The minimum Gasteiger partial charge on any atom is -0.377 e. The highest BCUT2D eigenvalue weighted by Gasteiger charge is 2.19. The van der Waals surface area contributed by atoms with Crippen molar-refractivity contribution in [2.75, 3.05) is 26.4 Å². The highest BCUT2D eigenvalue weighted by molar-refractivity contribution is 6.14. The Labute approximate surface area is 163 Å². The fourth-order valence-corrected chi connectivity index (χ4v) is 3.44. The summed E-state index contributed by atoms with van der Waals surface area (Å²) in [6.07, 6.45) is 12.5. The van der Waals surface area contributed by atoms with Gasteiger partial charge >= 0.3 is 0 Å². The van der Waals surface area contributed by atoms with Gasteiger partial charge in [-0.2, -0.15) is 0 Å². The number of hydrogen-bond acceptors (Lipinski definition) is 3. The van der Waals surface area contributed by atoms with E-state index in [1.165, 1.54) is 25.7 Å². The number of hydrogen-bond donors (Lipinski definition) is 2. The molecule has 0 spiro atoms. The molecule has 5 heteroatoms. The predicted molar refractivity (Wildman–Crippen MR) is 110 cm³/mol. The van der Waals surface area contributed by atoms with Crippen molar-refractivity contribution >= 4 is 11.6 Å². The summed E-state index contributed by atoms with van der Waals surface area (Å²) in [5.41, 5.74) is 2.73. The maximum Gasteiger partial charge on any atom is 0.251 e. The quantitative estimate of drug-likeness (QED) is 0.447. The molecule has 0 saturated carbocycles. The van der Waals surface area contributed by atoms with Crippen molar-refractivity contribution in [2.45, 2.75) is 59.3 Å². The van der Waals surface area contributed by atoms with E-state index in [4.69, 9.17) is 10.1 Å². The van der Waals surface area contributed by atoms with Crippen molar-refractivity contribution in [2.24, 2.45) is 5.92 Å². The highest BCUT2D eigenvalue weighted by Crippen LogP contribution is 2.25. The van der Waals surface area contributed by atoms with E-state index in [2.05, 4.69) is 25.2 Å². The van der Waals surface area contributed by atoms with Gasteiger partial charge in [0.1, 0.15) is 6.67 Å². The molecule has 1 aliphatic carbocycles. The van der Waals surface area contributed by atoms with Crippen molar-refractivity contribution < 1.29 is 13.9 Å². The Balaban J connectivity index is 2.69. The lowest BCUT2D eigenvalue weighted by molar-refractivity contribution is -0.117. The molecule has 0 unspecified atom stereocenters. The molecule has 0 bridgehead atoms. The average Bonchev–Trinajstić information content (AvgIpc) is 2.64. The van der Waals surface area contributed by atoms with Crippen LogP contribution in [-0.4, -0.2) is 38.1 Å². The first-order chi connectivity index (χ1) is 13.0. The Bertz CT molecular complexity index is 573. The minimum atomic E-state index is -0.519. The van der Waals surface area contributed by atoms with Crippen LogP contribution >= 0.6 is 0 Å². The fourth-order valence-electron chi connectivity index (χ4n) is 3.44. The Morgan fingerprint density at radius 3 is 2.56 bits per heavy atom. The van der Waals surface area contributed by atoms with Gasteiger partial charge < -0.3 is 15.5 Å². The third-order valence-corrected chi connectivity index (χ3v) is 4.83. The van der Waals surface area contributed by atoms with E-state index in [9.17, 15) is 9.18 Å². The van der Waals surface area contributed by atoms with E-state index in [0.717, 1.165) is 29.9 Å². The summed E-state index contributed by atoms with van der Waals surface area (Å²) < 4.78 is 17.0. The lowest BCUT2D eigenvalue weighted by Crippen LogP contribution is -2.30. The number of rotatable bonds is 13. The van der Waals surface area contributed by atoms with Gasteiger partial charge in [-0.1, -0.05) is 45.6 Å². The molecule has 1 amide bonds. The zero-order chi connectivity index (χ0) is 20.1. The van der Waals surface area contributed by atoms with E-state index in [-0.39, 0.29) is 12.5 Å². The van der Waals surface area contributed by atoms with Crippen LogP contribution in [0.15, 0.2) is 34.9 Å². The fraction of sp³-hybridized carbons (Fsp3) is 0.636. The molecule has 1 aliphatic rings. The Morgan fingerprint density at radius 2 is 1.93 bits per heavy atom. The second-order valence-electron chi connectivity index (χ2n) is 6.98. The van der Waals surface area contributed by atoms with Gasteiger partial charge in [0, 0.05) is 12.1 Å². The maximum absolute atomic E-state index is 12.4. The van der Waals surface area contributed by atoms with Crippen molar-refractivity contribution in [3.05, 3.63) is 34.9 Å². The first-order valence-electron chi connectivity index (χ1n) is 10.1.